The van der Waals surface area contributed by atoms with Crippen LogP contribution in [0.3, 0.4) is 0 Å². The molecule has 1 spiro atoms. The molecule has 2 heterocycles. The van der Waals surface area contributed by atoms with Crippen LogP contribution in [0, 0.1) is 5.41 Å². The Balaban J connectivity index is 1.38. The zero-order valence-corrected chi connectivity index (χ0v) is 16.3. The van der Waals surface area contributed by atoms with Crippen molar-refractivity contribution in [2.24, 2.45) is 5.41 Å². The minimum Gasteiger partial charge on any atom is -0.322 e. The van der Waals surface area contributed by atoms with Gasteiger partial charge in [0, 0.05) is 29.4 Å². The topological polar surface area (TPSA) is 44.4 Å². The van der Waals surface area contributed by atoms with Gasteiger partial charge in [0.05, 0.1) is 0 Å². The van der Waals surface area contributed by atoms with Gasteiger partial charge >= 0.3 is 0 Å². The first-order valence-electron chi connectivity index (χ1n) is 9.71. The minimum atomic E-state index is -0.112. The molecule has 2 saturated heterocycles. The van der Waals surface area contributed by atoms with Gasteiger partial charge in [0.1, 0.15) is 0 Å². The highest BCUT2D eigenvalue weighted by Gasteiger charge is 2.38. The average Bonchev–Trinajstić information content (AvgIpc) is 3.05. The molecule has 27 heavy (non-hydrogen) atoms. The van der Waals surface area contributed by atoms with E-state index in [0.29, 0.717) is 16.0 Å². The van der Waals surface area contributed by atoms with Crippen LogP contribution in [0.5, 0.6) is 0 Å². The average molecular weight is 384 g/mol. The summed E-state index contributed by atoms with van der Waals surface area (Å²) in [4.78, 5) is 15.0. The lowest BCUT2D eigenvalue weighted by molar-refractivity contribution is 0.102. The van der Waals surface area contributed by atoms with Gasteiger partial charge in [-0.05, 0) is 86.3 Å². The van der Waals surface area contributed by atoms with E-state index in [2.05, 4.69) is 27.7 Å². The molecule has 0 unspecified atom stereocenters. The number of nitrogens with one attached hydrogen (secondary N) is 2. The highest BCUT2D eigenvalue weighted by Crippen LogP contribution is 2.39. The molecule has 2 aromatic rings. The molecule has 2 aliphatic rings. The van der Waals surface area contributed by atoms with Gasteiger partial charge in [0.25, 0.3) is 5.91 Å². The van der Waals surface area contributed by atoms with Crippen molar-refractivity contribution in [2.75, 3.05) is 31.5 Å². The number of halogens is 1. The number of rotatable bonds is 4. The fourth-order valence-electron chi connectivity index (χ4n) is 4.34. The second-order valence-electron chi connectivity index (χ2n) is 7.87. The number of anilines is 1. The molecule has 4 nitrogen and oxygen atoms in total. The van der Waals surface area contributed by atoms with Crippen molar-refractivity contribution < 1.29 is 4.79 Å². The number of carbonyl (C=O) groups excluding carboxylic acids is 1. The molecule has 0 aliphatic carbocycles. The summed E-state index contributed by atoms with van der Waals surface area (Å²) in [5, 5.41) is 7.10. The maximum absolute atomic E-state index is 12.4. The van der Waals surface area contributed by atoms with Gasteiger partial charge in [-0.2, -0.15) is 0 Å². The van der Waals surface area contributed by atoms with Gasteiger partial charge in [-0.25, -0.2) is 0 Å². The molecule has 0 aromatic heterocycles. The zero-order chi connectivity index (χ0) is 18.7. The lowest BCUT2D eigenvalue weighted by atomic mass is 9.78. The third kappa shape index (κ3) is 4.52. The SMILES string of the molecule is O=C(Nc1cccc(CN2CCC3(CCNCC3)C2)c1)c1ccc(Cl)cc1. The largest absolute Gasteiger partial charge is 0.322 e. The van der Waals surface area contributed by atoms with Crippen molar-refractivity contribution in [3.05, 3.63) is 64.7 Å². The number of nitrogens with zero attached hydrogens (tertiary/aromatic N) is 1. The Morgan fingerprint density at radius 3 is 2.67 bits per heavy atom. The highest BCUT2D eigenvalue weighted by atomic mass is 35.5. The summed E-state index contributed by atoms with van der Waals surface area (Å²) in [5.41, 5.74) is 3.21. The molecule has 0 atom stereocenters. The van der Waals surface area contributed by atoms with E-state index >= 15 is 0 Å². The molecule has 2 fully saturated rings. The quantitative estimate of drug-likeness (QED) is 0.832. The van der Waals surface area contributed by atoms with Crippen molar-refractivity contribution in [1.29, 1.82) is 0 Å². The molecule has 0 radical (unpaired) electrons. The predicted octanol–water partition coefficient (Wildman–Crippen LogP) is 4.17. The van der Waals surface area contributed by atoms with Crippen LogP contribution >= 0.6 is 11.6 Å². The number of hydrogen-bond acceptors (Lipinski definition) is 3. The molecular formula is C22H26ClN3O. The van der Waals surface area contributed by atoms with Crippen LogP contribution in [0.15, 0.2) is 48.5 Å². The molecule has 2 aromatic carbocycles. The fraction of sp³-hybridized carbons (Fsp3) is 0.409. The normalized spacial score (nSPS) is 19.3. The Hall–Kier alpha value is -1.88. The lowest BCUT2D eigenvalue weighted by Crippen LogP contribution is -2.38. The van der Waals surface area contributed by atoms with Crippen molar-refractivity contribution in [3.8, 4) is 0 Å². The summed E-state index contributed by atoms with van der Waals surface area (Å²) >= 11 is 5.89. The van der Waals surface area contributed by atoms with E-state index in [1.54, 1.807) is 24.3 Å². The maximum atomic E-state index is 12.4. The molecule has 0 saturated carbocycles. The van der Waals surface area contributed by atoms with E-state index in [1.165, 1.54) is 37.9 Å². The van der Waals surface area contributed by atoms with E-state index in [9.17, 15) is 4.79 Å². The molecule has 2 N–H and O–H groups in total. The Bertz CT molecular complexity index is 799. The summed E-state index contributed by atoms with van der Waals surface area (Å²) < 4.78 is 0. The van der Waals surface area contributed by atoms with E-state index in [-0.39, 0.29) is 5.91 Å². The van der Waals surface area contributed by atoms with Gasteiger partial charge in [-0.15, -0.1) is 0 Å². The van der Waals surface area contributed by atoms with Gasteiger partial charge in [-0.1, -0.05) is 23.7 Å². The van der Waals surface area contributed by atoms with Crippen LogP contribution in [0.2, 0.25) is 5.02 Å². The second-order valence-corrected chi connectivity index (χ2v) is 8.31. The van der Waals surface area contributed by atoms with Crippen molar-refractivity contribution in [3.63, 3.8) is 0 Å². The summed E-state index contributed by atoms with van der Waals surface area (Å²) in [6.45, 7) is 5.61. The summed E-state index contributed by atoms with van der Waals surface area (Å²) in [6.07, 6.45) is 3.89. The summed E-state index contributed by atoms with van der Waals surface area (Å²) in [5.74, 6) is -0.112. The van der Waals surface area contributed by atoms with Crippen LogP contribution in [0.1, 0.15) is 35.2 Å². The van der Waals surface area contributed by atoms with E-state index in [4.69, 9.17) is 11.6 Å². The van der Waals surface area contributed by atoms with E-state index < -0.39 is 0 Å². The van der Waals surface area contributed by atoms with Crippen LogP contribution in [0.25, 0.3) is 0 Å². The number of hydrogen-bond donors (Lipinski definition) is 2. The summed E-state index contributed by atoms with van der Waals surface area (Å²) in [6, 6.07) is 15.1. The molecule has 1 amide bonds. The minimum absolute atomic E-state index is 0.112. The first-order valence-corrected chi connectivity index (χ1v) is 10.1. The first-order chi connectivity index (χ1) is 13.1. The third-order valence-electron chi connectivity index (χ3n) is 5.88. The van der Waals surface area contributed by atoms with Crippen LogP contribution in [-0.2, 0) is 6.54 Å². The Morgan fingerprint density at radius 1 is 1.11 bits per heavy atom. The van der Waals surface area contributed by atoms with Gasteiger partial charge < -0.3 is 10.6 Å². The van der Waals surface area contributed by atoms with Crippen LogP contribution in [-0.4, -0.2) is 37.0 Å². The molecule has 2 aliphatic heterocycles. The third-order valence-corrected chi connectivity index (χ3v) is 6.13. The van der Waals surface area contributed by atoms with E-state index in [0.717, 1.165) is 25.3 Å². The Labute approximate surface area is 165 Å². The van der Waals surface area contributed by atoms with Gasteiger partial charge in [-0.3, -0.25) is 9.69 Å². The Morgan fingerprint density at radius 2 is 1.89 bits per heavy atom. The van der Waals surface area contributed by atoms with Crippen molar-refractivity contribution in [2.45, 2.75) is 25.8 Å². The lowest BCUT2D eigenvalue weighted by Gasteiger charge is -2.34. The fourth-order valence-corrected chi connectivity index (χ4v) is 4.46. The Kier molecular flexibility index (Phi) is 5.48. The molecule has 5 heteroatoms. The highest BCUT2D eigenvalue weighted by molar-refractivity contribution is 6.30. The molecule has 4 rings (SSSR count). The predicted molar refractivity (Wildman–Crippen MR) is 110 cm³/mol. The van der Waals surface area contributed by atoms with Gasteiger partial charge in [0.2, 0.25) is 0 Å². The smallest absolute Gasteiger partial charge is 0.255 e. The summed E-state index contributed by atoms with van der Waals surface area (Å²) in [7, 11) is 0. The maximum Gasteiger partial charge on any atom is 0.255 e. The van der Waals surface area contributed by atoms with Crippen LogP contribution in [0.4, 0.5) is 5.69 Å². The number of piperidine rings is 1. The monoisotopic (exact) mass is 383 g/mol. The number of likely N-dealkylation sites (tertiary alicyclic amines) is 1. The molecule has 142 valence electrons. The molecular weight excluding hydrogens is 358 g/mol. The van der Waals surface area contributed by atoms with Crippen molar-refractivity contribution >= 4 is 23.2 Å². The molecule has 0 bridgehead atoms. The second kappa shape index (κ2) is 8.01. The zero-order valence-electron chi connectivity index (χ0n) is 15.5. The van der Waals surface area contributed by atoms with Crippen molar-refractivity contribution in [1.82, 2.24) is 10.2 Å². The van der Waals surface area contributed by atoms with Gasteiger partial charge in [0.15, 0.2) is 0 Å². The standard InChI is InChI=1S/C22H26ClN3O/c23-19-6-4-18(5-7-19)21(27)25-20-3-1-2-17(14-20)15-26-13-10-22(16-26)8-11-24-12-9-22/h1-7,14,24H,8-13,15-16H2,(H,25,27). The number of benzene rings is 2. The number of amides is 1. The first kappa shape index (κ1) is 18.5. The van der Waals surface area contributed by atoms with Crippen LogP contribution < -0.4 is 10.6 Å². The van der Waals surface area contributed by atoms with E-state index in [1.807, 2.05) is 12.1 Å². The number of carbonyl (C=O) groups is 1.